The summed E-state index contributed by atoms with van der Waals surface area (Å²) in [6, 6.07) is 6.60. The van der Waals surface area contributed by atoms with Gasteiger partial charge in [-0.2, -0.15) is 5.26 Å². The van der Waals surface area contributed by atoms with Crippen LogP contribution in [-0.2, 0) is 11.2 Å². The Hall–Kier alpha value is -3.27. The van der Waals surface area contributed by atoms with Crippen LogP contribution in [0.3, 0.4) is 0 Å². The van der Waals surface area contributed by atoms with Crippen LogP contribution in [-0.4, -0.2) is 22.5 Å². The van der Waals surface area contributed by atoms with Crippen molar-refractivity contribution in [3.63, 3.8) is 0 Å². The van der Waals surface area contributed by atoms with Crippen LogP contribution < -0.4 is 5.32 Å². The third-order valence-electron chi connectivity index (χ3n) is 4.10. The number of fused-ring (bicyclic) bond motifs is 1. The van der Waals surface area contributed by atoms with E-state index in [1.165, 1.54) is 6.20 Å². The Morgan fingerprint density at radius 2 is 2.16 bits per heavy atom. The number of anilines is 1. The molecule has 1 aliphatic rings. The molecule has 7 heteroatoms. The highest BCUT2D eigenvalue weighted by Crippen LogP contribution is 2.30. The Balaban J connectivity index is 1.87. The number of nitriles is 1. The zero-order chi connectivity index (χ0) is 18.0. The monoisotopic (exact) mass is 337 g/mol. The lowest BCUT2D eigenvalue weighted by Crippen LogP contribution is -2.29. The maximum atomic E-state index is 12.6. The Morgan fingerprint density at radius 3 is 2.80 bits per heavy atom. The van der Waals surface area contributed by atoms with Gasteiger partial charge in [-0.05, 0) is 25.5 Å². The lowest BCUT2D eigenvalue weighted by molar-refractivity contribution is -0.117. The lowest BCUT2D eigenvalue weighted by atomic mass is 9.92. The number of ketones is 2. The van der Waals surface area contributed by atoms with Crippen molar-refractivity contribution < 1.29 is 18.8 Å². The van der Waals surface area contributed by atoms with Gasteiger partial charge in [-0.1, -0.05) is 6.07 Å². The Labute approximate surface area is 143 Å². The predicted molar refractivity (Wildman–Crippen MR) is 87.0 cm³/mol. The van der Waals surface area contributed by atoms with Crippen LogP contribution in [0.15, 0.2) is 28.8 Å². The maximum Gasteiger partial charge on any atom is 0.251 e. The summed E-state index contributed by atoms with van der Waals surface area (Å²) in [5, 5.41) is 11.7. The number of carbonyl (C=O) groups is 3. The number of aromatic nitrogens is 1. The average molecular weight is 337 g/mol. The van der Waals surface area contributed by atoms with Gasteiger partial charge in [-0.3, -0.25) is 14.4 Å². The number of furan rings is 1. The van der Waals surface area contributed by atoms with Crippen molar-refractivity contribution in [3.8, 4) is 6.07 Å². The fourth-order valence-corrected chi connectivity index (χ4v) is 2.89. The molecular weight excluding hydrogens is 322 g/mol. The highest BCUT2D eigenvalue weighted by atomic mass is 16.4. The molecule has 126 valence electrons. The molecule has 0 saturated carbocycles. The molecule has 0 aromatic carbocycles. The van der Waals surface area contributed by atoms with E-state index in [9.17, 15) is 19.6 Å². The lowest BCUT2D eigenvalue weighted by Gasteiger charge is -2.08. The first-order valence-corrected chi connectivity index (χ1v) is 7.84. The second-order valence-corrected chi connectivity index (χ2v) is 5.76. The molecule has 2 aromatic rings. The number of carbonyl (C=O) groups excluding carboxylic acids is 3. The molecule has 1 atom stereocenters. The molecule has 0 aliphatic heterocycles. The summed E-state index contributed by atoms with van der Waals surface area (Å²) >= 11 is 0. The first kappa shape index (κ1) is 16.6. The molecular formula is C18H15N3O4. The first-order chi connectivity index (χ1) is 12.0. The van der Waals surface area contributed by atoms with Gasteiger partial charge < -0.3 is 9.73 Å². The van der Waals surface area contributed by atoms with Gasteiger partial charge in [0.15, 0.2) is 17.5 Å². The fraction of sp³-hybridized carbons (Fsp3) is 0.278. The fourth-order valence-electron chi connectivity index (χ4n) is 2.89. The van der Waals surface area contributed by atoms with Gasteiger partial charge in [0, 0.05) is 24.6 Å². The van der Waals surface area contributed by atoms with E-state index in [-0.39, 0.29) is 17.4 Å². The van der Waals surface area contributed by atoms with E-state index < -0.39 is 17.6 Å². The van der Waals surface area contributed by atoms with Gasteiger partial charge in [0.1, 0.15) is 11.6 Å². The van der Waals surface area contributed by atoms with Crippen molar-refractivity contribution in [2.45, 2.75) is 26.2 Å². The average Bonchev–Trinajstić information content (AvgIpc) is 2.94. The van der Waals surface area contributed by atoms with E-state index in [1.54, 1.807) is 31.2 Å². The minimum absolute atomic E-state index is 0.0759. The van der Waals surface area contributed by atoms with Crippen molar-refractivity contribution in [2.24, 2.45) is 5.92 Å². The van der Waals surface area contributed by atoms with Crippen molar-refractivity contribution in [1.82, 2.24) is 4.98 Å². The van der Waals surface area contributed by atoms with Crippen LogP contribution in [0.1, 0.15) is 45.1 Å². The van der Waals surface area contributed by atoms with E-state index in [0.29, 0.717) is 36.1 Å². The predicted octanol–water partition coefficient (Wildman–Crippen LogP) is 2.46. The highest BCUT2D eigenvalue weighted by Gasteiger charge is 2.35. The summed E-state index contributed by atoms with van der Waals surface area (Å²) in [7, 11) is 0. The molecule has 1 amide bonds. The van der Waals surface area contributed by atoms with Gasteiger partial charge >= 0.3 is 0 Å². The van der Waals surface area contributed by atoms with Gasteiger partial charge in [0.2, 0.25) is 5.78 Å². The van der Waals surface area contributed by atoms with Crippen LogP contribution >= 0.6 is 0 Å². The first-order valence-electron chi connectivity index (χ1n) is 7.84. The molecule has 2 heterocycles. The number of hydrogen-bond donors (Lipinski definition) is 1. The molecule has 0 unspecified atom stereocenters. The third-order valence-corrected chi connectivity index (χ3v) is 4.10. The number of hydrogen-bond acceptors (Lipinski definition) is 6. The van der Waals surface area contributed by atoms with Crippen molar-refractivity contribution in [2.75, 3.05) is 5.32 Å². The molecule has 0 bridgehead atoms. The molecule has 1 N–H and O–H groups in total. The number of amides is 1. The molecule has 2 aromatic heterocycles. The third kappa shape index (κ3) is 3.06. The van der Waals surface area contributed by atoms with Gasteiger partial charge in [-0.25, -0.2) is 4.98 Å². The van der Waals surface area contributed by atoms with E-state index in [2.05, 4.69) is 10.3 Å². The zero-order valence-corrected chi connectivity index (χ0v) is 13.5. The summed E-state index contributed by atoms with van der Waals surface area (Å²) in [6.45, 7) is 1.60. The van der Waals surface area contributed by atoms with Crippen LogP contribution in [0, 0.1) is 24.2 Å². The standard InChI is InChI=1S/C18H15N3O4/c1-10-15-12(22)5-4-6-13(15)25-17(10)16(23)11(9-19)18(24)21-14-7-2-3-8-20-14/h2-3,7-8,11H,4-6H2,1H3,(H,20,21,24)/t11-/m1/s1. The summed E-state index contributed by atoms with van der Waals surface area (Å²) in [5.41, 5.74) is 0.812. The second-order valence-electron chi connectivity index (χ2n) is 5.76. The molecule has 3 rings (SSSR count). The minimum atomic E-state index is -1.58. The van der Waals surface area contributed by atoms with Crippen LogP contribution in [0.4, 0.5) is 5.82 Å². The van der Waals surface area contributed by atoms with Crippen molar-refractivity contribution in [1.29, 1.82) is 5.26 Å². The molecule has 1 aliphatic carbocycles. The number of aryl methyl sites for hydroxylation is 1. The van der Waals surface area contributed by atoms with E-state index in [1.807, 2.05) is 0 Å². The SMILES string of the molecule is Cc1c(C(=O)[C@@H](C#N)C(=O)Nc2ccccn2)oc2c1C(=O)CCC2. The zero-order valence-electron chi connectivity index (χ0n) is 13.5. The van der Waals surface area contributed by atoms with Gasteiger partial charge in [-0.15, -0.1) is 0 Å². The van der Waals surface area contributed by atoms with Crippen LogP contribution in [0.2, 0.25) is 0 Å². The Kier molecular flexibility index (Phi) is 4.44. The number of pyridine rings is 1. The molecule has 25 heavy (non-hydrogen) atoms. The van der Waals surface area contributed by atoms with Crippen LogP contribution in [0.5, 0.6) is 0 Å². The number of nitrogens with zero attached hydrogens (tertiary/aromatic N) is 2. The van der Waals surface area contributed by atoms with Crippen LogP contribution in [0.25, 0.3) is 0 Å². The quantitative estimate of drug-likeness (QED) is 0.677. The molecule has 0 saturated heterocycles. The van der Waals surface area contributed by atoms with E-state index in [4.69, 9.17) is 4.42 Å². The van der Waals surface area contributed by atoms with Gasteiger partial charge in [0.25, 0.3) is 5.91 Å². The number of rotatable bonds is 4. The molecule has 0 fully saturated rings. The smallest absolute Gasteiger partial charge is 0.251 e. The largest absolute Gasteiger partial charge is 0.457 e. The molecule has 0 radical (unpaired) electrons. The normalized spacial score (nSPS) is 14.3. The summed E-state index contributed by atoms with van der Waals surface area (Å²) in [6.07, 6.45) is 3.11. The van der Waals surface area contributed by atoms with Crippen molar-refractivity contribution in [3.05, 3.63) is 47.0 Å². The number of Topliss-reactive ketones (excluding diaryl/α,β-unsaturated/α-hetero) is 2. The maximum absolute atomic E-state index is 12.6. The van der Waals surface area contributed by atoms with E-state index >= 15 is 0 Å². The number of nitrogens with one attached hydrogen (secondary N) is 1. The highest BCUT2D eigenvalue weighted by molar-refractivity contribution is 6.16. The summed E-state index contributed by atoms with van der Waals surface area (Å²) < 4.78 is 5.54. The molecule has 7 nitrogen and oxygen atoms in total. The molecule has 0 spiro atoms. The summed E-state index contributed by atoms with van der Waals surface area (Å²) in [4.78, 5) is 40.9. The second kappa shape index (κ2) is 6.69. The minimum Gasteiger partial charge on any atom is -0.457 e. The Bertz CT molecular complexity index is 893. The summed E-state index contributed by atoms with van der Waals surface area (Å²) in [5.74, 6) is -2.59. The van der Waals surface area contributed by atoms with Gasteiger partial charge in [0.05, 0.1) is 11.6 Å². The van der Waals surface area contributed by atoms with E-state index in [0.717, 1.165) is 0 Å². The Morgan fingerprint density at radius 1 is 1.36 bits per heavy atom. The topological polar surface area (TPSA) is 113 Å². The van der Waals surface area contributed by atoms with Crippen molar-refractivity contribution >= 4 is 23.3 Å².